The lowest BCUT2D eigenvalue weighted by Crippen LogP contribution is -2.36. The highest BCUT2D eigenvalue weighted by atomic mass is 32.1. The van der Waals surface area contributed by atoms with Crippen LogP contribution in [0.5, 0.6) is 0 Å². The fraction of sp³-hybridized carbons (Fsp3) is 0.421. The summed E-state index contributed by atoms with van der Waals surface area (Å²) in [6.07, 6.45) is 2.76. The SMILES string of the molecule is Cc1nc(N2CCOCC2)c2sc(C(C)N(C)c3ncc(C(=O)NO)cn3)cc2n1. The van der Waals surface area contributed by atoms with E-state index in [1.807, 2.05) is 18.9 Å². The number of carbonyl (C=O) groups excluding carboxylic acids is 1. The number of ether oxygens (including phenoxy) is 1. The topological polar surface area (TPSA) is 117 Å². The van der Waals surface area contributed by atoms with E-state index in [1.165, 1.54) is 12.4 Å². The molecule has 1 amide bonds. The lowest BCUT2D eigenvalue weighted by molar-refractivity contribution is 0.0705. The van der Waals surface area contributed by atoms with E-state index in [4.69, 9.17) is 14.9 Å². The first kappa shape index (κ1) is 20.4. The molecule has 158 valence electrons. The van der Waals surface area contributed by atoms with Crippen molar-refractivity contribution in [1.82, 2.24) is 25.4 Å². The molecular weight excluding hydrogens is 406 g/mol. The van der Waals surface area contributed by atoms with Crippen molar-refractivity contribution in [2.45, 2.75) is 19.9 Å². The van der Waals surface area contributed by atoms with Gasteiger partial charge in [0.2, 0.25) is 5.95 Å². The Kier molecular flexibility index (Phi) is 5.75. The average molecular weight is 430 g/mol. The smallest absolute Gasteiger partial charge is 0.277 e. The second kappa shape index (κ2) is 8.46. The van der Waals surface area contributed by atoms with E-state index < -0.39 is 5.91 Å². The fourth-order valence-corrected chi connectivity index (χ4v) is 4.50. The van der Waals surface area contributed by atoms with E-state index in [0.29, 0.717) is 19.2 Å². The lowest BCUT2D eigenvalue weighted by Gasteiger charge is -2.28. The molecule has 30 heavy (non-hydrogen) atoms. The number of morpholine rings is 1. The zero-order valence-electron chi connectivity index (χ0n) is 17.0. The van der Waals surface area contributed by atoms with E-state index in [0.717, 1.165) is 39.8 Å². The summed E-state index contributed by atoms with van der Waals surface area (Å²) < 4.78 is 6.54. The maximum absolute atomic E-state index is 11.5. The fourth-order valence-electron chi connectivity index (χ4n) is 3.29. The summed E-state index contributed by atoms with van der Waals surface area (Å²) in [4.78, 5) is 34.6. The van der Waals surface area contributed by atoms with Crippen molar-refractivity contribution in [1.29, 1.82) is 0 Å². The van der Waals surface area contributed by atoms with Gasteiger partial charge < -0.3 is 14.5 Å². The molecule has 2 N–H and O–H groups in total. The number of fused-ring (bicyclic) bond motifs is 1. The highest BCUT2D eigenvalue weighted by Crippen LogP contribution is 2.37. The van der Waals surface area contributed by atoms with Gasteiger partial charge in [-0.1, -0.05) is 0 Å². The van der Waals surface area contributed by atoms with Crippen LogP contribution in [0.2, 0.25) is 0 Å². The van der Waals surface area contributed by atoms with Crippen LogP contribution in [0.3, 0.4) is 0 Å². The van der Waals surface area contributed by atoms with Crippen LogP contribution in [0.25, 0.3) is 10.2 Å². The number of hydroxylamine groups is 1. The van der Waals surface area contributed by atoms with Gasteiger partial charge >= 0.3 is 0 Å². The summed E-state index contributed by atoms with van der Waals surface area (Å²) >= 11 is 1.67. The van der Waals surface area contributed by atoms with Crippen LogP contribution in [0.1, 0.15) is 34.0 Å². The average Bonchev–Trinajstić information content (AvgIpc) is 3.21. The summed E-state index contributed by atoms with van der Waals surface area (Å²) in [5.74, 6) is 1.54. The van der Waals surface area contributed by atoms with Crippen molar-refractivity contribution >= 4 is 39.2 Å². The van der Waals surface area contributed by atoms with E-state index in [1.54, 1.807) is 16.8 Å². The number of amides is 1. The van der Waals surface area contributed by atoms with E-state index in [2.05, 4.69) is 32.8 Å². The second-order valence-electron chi connectivity index (χ2n) is 7.06. The molecule has 11 heteroatoms. The van der Waals surface area contributed by atoms with Gasteiger partial charge in [-0.25, -0.2) is 25.4 Å². The molecule has 1 aliphatic rings. The molecule has 0 bridgehead atoms. The molecule has 4 heterocycles. The molecule has 1 unspecified atom stereocenters. The highest BCUT2D eigenvalue weighted by molar-refractivity contribution is 7.19. The van der Waals surface area contributed by atoms with Crippen LogP contribution in [0.4, 0.5) is 11.8 Å². The molecule has 0 radical (unpaired) electrons. The first-order valence-corrected chi connectivity index (χ1v) is 10.4. The predicted molar refractivity (Wildman–Crippen MR) is 113 cm³/mol. The maximum Gasteiger partial charge on any atom is 0.277 e. The Morgan fingerprint density at radius 1 is 1.30 bits per heavy atom. The zero-order valence-corrected chi connectivity index (χ0v) is 17.8. The van der Waals surface area contributed by atoms with Crippen LogP contribution < -0.4 is 15.3 Å². The summed E-state index contributed by atoms with van der Waals surface area (Å²) in [5, 5.41) is 8.72. The Morgan fingerprint density at radius 3 is 2.67 bits per heavy atom. The van der Waals surface area contributed by atoms with Crippen molar-refractivity contribution in [2.24, 2.45) is 0 Å². The number of thiophene rings is 1. The number of hydrogen-bond acceptors (Lipinski definition) is 10. The molecule has 1 saturated heterocycles. The van der Waals surface area contributed by atoms with Crippen molar-refractivity contribution in [3.63, 3.8) is 0 Å². The number of aryl methyl sites for hydroxylation is 1. The highest BCUT2D eigenvalue weighted by Gasteiger charge is 2.22. The summed E-state index contributed by atoms with van der Waals surface area (Å²) in [6.45, 7) is 7.00. The minimum atomic E-state index is -0.647. The number of aromatic nitrogens is 4. The Morgan fingerprint density at radius 2 is 2.00 bits per heavy atom. The molecule has 1 atom stereocenters. The summed E-state index contributed by atoms with van der Waals surface area (Å²) in [5.41, 5.74) is 2.69. The second-order valence-corrected chi connectivity index (χ2v) is 8.14. The van der Waals surface area contributed by atoms with Gasteiger partial charge in [-0.2, -0.15) is 0 Å². The molecule has 0 aliphatic carbocycles. The number of nitrogens with zero attached hydrogens (tertiary/aromatic N) is 6. The molecule has 0 saturated carbocycles. The predicted octanol–water partition coefficient (Wildman–Crippen LogP) is 1.94. The molecule has 3 aromatic heterocycles. The Bertz CT molecular complexity index is 1050. The molecule has 1 fully saturated rings. The van der Waals surface area contributed by atoms with Gasteiger partial charge in [0.25, 0.3) is 5.91 Å². The summed E-state index contributed by atoms with van der Waals surface area (Å²) in [6, 6.07) is 2.08. The summed E-state index contributed by atoms with van der Waals surface area (Å²) in [7, 11) is 1.90. The van der Waals surface area contributed by atoms with Gasteiger partial charge in [0.05, 0.1) is 35.0 Å². The number of carbonyl (C=O) groups is 1. The van der Waals surface area contributed by atoms with Crippen LogP contribution in [0, 0.1) is 6.92 Å². The monoisotopic (exact) mass is 429 g/mol. The van der Waals surface area contributed by atoms with Gasteiger partial charge in [-0.15, -0.1) is 11.3 Å². The number of hydrogen-bond donors (Lipinski definition) is 2. The Balaban J connectivity index is 1.63. The van der Waals surface area contributed by atoms with Crippen molar-refractivity contribution in [3.8, 4) is 0 Å². The van der Waals surface area contributed by atoms with Crippen LogP contribution in [0.15, 0.2) is 18.5 Å². The first-order valence-electron chi connectivity index (χ1n) is 9.58. The van der Waals surface area contributed by atoms with Crippen molar-refractivity contribution < 1.29 is 14.7 Å². The molecular formula is C19H23N7O3S. The molecule has 0 aromatic carbocycles. The van der Waals surface area contributed by atoms with Crippen LogP contribution >= 0.6 is 11.3 Å². The Labute approximate surface area is 177 Å². The number of nitrogens with one attached hydrogen (secondary N) is 1. The Hall–Kier alpha value is -2.89. The largest absolute Gasteiger partial charge is 0.378 e. The van der Waals surface area contributed by atoms with Crippen molar-refractivity contribution in [2.75, 3.05) is 43.2 Å². The molecule has 3 aromatic rings. The van der Waals surface area contributed by atoms with Gasteiger partial charge in [0.15, 0.2) is 5.82 Å². The first-order chi connectivity index (χ1) is 14.5. The third kappa shape index (κ3) is 3.91. The van der Waals surface area contributed by atoms with Gasteiger partial charge in [0.1, 0.15) is 5.82 Å². The van der Waals surface area contributed by atoms with Gasteiger partial charge in [-0.3, -0.25) is 10.0 Å². The number of anilines is 2. The third-order valence-electron chi connectivity index (χ3n) is 5.11. The number of rotatable bonds is 5. The quantitative estimate of drug-likeness (QED) is 0.463. The molecule has 1 aliphatic heterocycles. The standard InChI is InChI=1S/C19H23N7O3S/c1-11(25(3)19-20-9-13(10-21-19)18(27)24-28)15-8-14-16(30-15)17(23-12(2)22-14)26-4-6-29-7-5-26/h8-11,28H,4-7H2,1-3H3,(H,24,27). The van der Waals surface area contributed by atoms with E-state index >= 15 is 0 Å². The lowest BCUT2D eigenvalue weighted by atomic mass is 10.2. The van der Waals surface area contributed by atoms with Gasteiger partial charge in [-0.05, 0) is 19.9 Å². The molecule has 10 nitrogen and oxygen atoms in total. The van der Waals surface area contributed by atoms with E-state index in [9.17, 15) is 4.79 Å². The van der Waals surface area contributed by atoms with Crippen LogP contribution in [-0.4, -0.2) is 64.4 Å². The molecule has 4 rings (SSSR count). The maximum atomic E-state index is 11.5. The van der Waals surface area contributed by atoms with Crippen molar-refractivity contribution in [3.05, 3.63) is 34.7 Å². The normalized spacial score (nSPS) is 15.3. The third-order valence-corrected chi connectivity index (χ3v) is 6.40. The van der Waals surface area contributed by atoms with E-state index in [-0.39, 0.29) is 11.6 Å². The van der Waals surface area contributed by atoms with Gasteiger partial charge in [0, 0.05) is 37.4 Å². The zero-order chi connectivity index (χ0) is 21.3. The molecule has 0 spiro atoms. The van der Waals surface area contributed by atoms with Crippen LogP contribution in [-0.2, 0) is 4.74 Å². The minimum absolute atomic E-state index is 0.0143. The minimum Gasteiger partial charge on any atom is -0.378 e.